The Bertz CT molecular complexity index is 656. The van der Waals surface area contributed by atoms with E-state index in [-0.39, 0.29) is 24.5 Å². The summed E-state index contributed by atoms with van der Waals surface area (Å²) in [5, 5.41) is 1.65. The van der Waals surface area contributed by atoms with Crippen molar-refractivity contribution in [1.29, 1.82) is 0 Å². The van der Waals surface area contributed by atoms with Crippen LogP contribution in [0.15, 0.2) is 59.5 Å². The highest BCUT2D eigenvalue weighted by molar-refractivity contribution is 7.98. The second-order valence-electron chi connectivity index (χ2n) is 5.08. The number of Topliss-reactive ketones (excluding diaryl/α,β-unsaturated/α-hetero) is 1. The molecule has 0 bridgehead atoms. The lowest BCUT2D eigenvalue weighted by molar-refractivity contribution is -0.121. The molecule has 4 nitrogen and oxygen atoms in total. The molecule has 0 saturated carbocycles. The summed E-state index contributed by atoms with van der Waals surface area (Å²) < 4.78 is 0. The fraction of sp³-hybridized carbons (Fsp3) is 0.222. The van der Waals surface area contributed by atoms with Gasteiger partial charge in [0.25, 0.3) is 0 Å². The van der Waals surface area contributed by atoms with Crippen molar-refractivity contribution >= 4 is 29.1 Å². The van der Waals surface area contributed by atoms with Crippen LogP contribution < -0.4 is 10.4 Å². The van der Waals surface area contributed by atoms with Crippen LogP contribution in [-0.4, -0.2) is 25.0 Å². The molecule has 2 aromatic carbocycles. The van der Waals surface area contributed by atoms with Crippen molar-refractivity contribution < 1.29 is 9.59 Å². The first-order valence-corrected chi connectivity index (χ1v) is 8.58. The third-order valence-corrected chi connectivity index (χ3v) is 4.17. The first kappa shape index (κ1) is 17.1. The lowest BCUT2D eigenvalue weighted by Crippen LogP contribution is -2.39. The van der Waals surface area contributed by atoms with E-state index in [2.05, 4.69) is 5.43 Å². The van der Waals surface area contributed by atoms with Crippen molar-refractivity contribution in [2.75, 3.05) is 18.3 Å². The molecule has 1 N–H and O–H groups in total. The van der Waals surface area contributed by atoms with E-state index in [4.69, 9.17) is 0 Å². The summed E-state index contributed by atoms with van der Waals surface area (Å²) in [7, 11) is 1.77. The molecule has 0 spiro atoms. The van der Waals surface area contributed by atoms with E-state index in [0.29, 0.717) is 5.56 Å². The third-order valence-electron chi connectivity index (χ3n) is 3.43. The van der Waals surface area contributed by atoms with Crippen LogP contribution in [0, 0.1) is 0 Å². The average molecular weight is 328 g/mol. The van der Waals surface area contributed by atoms with Crippen LogP contribution in [-0.2, 0) is 4.79 Å². The number of carbonyl (C=O) groups is 2. The van der Waals surface area contributed by atoms with Gasteiger partial charge in [-0.05, 0) is 30.5 Å². The Labute approximate surface area is 140 Å². The van der Waals surface area contributed by atoms with Crippen molar-refractivity contribution in [1.82, 2.24) is 5.43 Å². The molecule has 0 saturated heterocycles. The zero-order valence-corrected chi connectivity index (χ0v) is 14.1. The van der Waals surface area contributed by atoms with Crippen molar-refractivity contribution in [3.8, 4) is 0 Å². The van der Waals surface area contributed by atoms with Gasteiger partial charge in [-0.15, -0.1) is 11.8 Å². The van der Waals surface area contributed by atoms with E-state index in [9.17, 15) is 9.59 Å². The maximum atomic E-state index is 12.1. The third kappa shape index (κ3) is 5.14. The smallest absolute Gasteiger partial charge is 0.238 e. The van der Waals surface area contributed by atoms with E-state index < -0.39 is 0 Å². The number of benzene rings is 2. The lowest BCUT2D eigenvalue weighted by atomic mass is 10.1. The summed E-state index contributed by atoms with van der Waals surface area (Å²) in [5.74, 6) is -0.194. The number of nitrogens with one attached hydrogen (secondary N) is 1. The Balaban J connectivity index is 1.82. The van der Waals surface area contributed by atoms with Crippen molar-refractivity contribution in [3.63, 3.8) is 0 Å². The Morgan fingerprint density at radius 2 is 1.65 bits per heavy atom. The van der Waals surface area contributed by atoms with Gasteiger partial charge >= 0.3 is 0 Å². The number of hydrogen-bond donors (Lipinski definition) is 1. The topological polar surface area (TPSA) is 49.4 Å². The summed E-state index contributed by atoms with van der Waals surface area (Å²) in [4.78, 5) is 25.2. The Morgan fingerprint density at radius 1 is 1.00 bits per heavy atom. The molecule has 0 radical (unpaired) electrons. The number of thioether (sulfide) groups is 1. The number of hydrogen-bond acceptors (Lipinski definition) is 4. The molecule has 0 aliphatic carbocycles. The van der Waals surface area contributed by atoms with E-state index >= 15 is 0 Å². The van der Waals surface area contributed by atoms with Crippen LogP contribution in [0.5, 0.6) is 0 Å². The molecule has 1 amide bonds. The van der Waals surface area contributed by atoms with Crippen LogP contribution in [0.25, 0.3) is 0 Å². The summed E-state index contributed by atoms with van der Waals surface area (Å²) in [6.07, 6.45) is 2.36. The summed E-state index contributed by atoms with van der Waals surface area (Å²) in [5.41, 5.74) is 4.29. The molecule has 0 fully saturated rings. The summed E-state index contributed by atoms with van der Waals surface area (Å²) in [6.45, 7) is 0. The summed E-state index contributed by atoms with van der Waals surface area (Å²) >= 11 is 1.63. The van der Waals surface area contributed by atoms with Gasteiger partial charge in [0.1, 0.15) is 0 Å². The quantitative estimate of drug-likeness (QED) is 0.480. The van der Waals surface area contributed by atoms with Gasteiger partial charge in [-0.25, -0.2) is 0 Å². The van der Waals surface area contributed by atoms with Crippen molar-refractivity contribution in [2.24, 2.45) is 0 Å². The molecular weight excluding hydrogens is 308 g/mol. The predicted molar refractivity (Wildman–Crippen MR) is 94.8 cm³/mol. The Hall–Kier alpha value is -2.27. The number of para-hydroxylation sites is 1. The minimum atomic E-state index is -0.176. The minimum absolute atomic E-state index is 0.0184. The molecule has 0 aromatic heterocycles. The number of ketones is 1. The second-order valence-corrected chi connectivity index (χ2v) is 5.96. The molecule has 23 heavy (non-hydrogen) atoms. The fourth-order valence-electron chi connectivity index (χ4n) is 2.11. The molecule has 5 heteroatoms. The van der Waals surface area contributed by atoms with E-state index in [0.717, 1.165) is 10.6 Å². The van der Waals surface area contributed by atoms with Crippen LogP contribution in [0.1, 0.15) is 23.2 Å². The van der Waals surface area contributed by atoms with Gasteiger partial charge in [0.15, 0.2) is 5.78 Å². The zero-order chi connectivity index (χ0) is 16.7. The predicted octanol–water partition coefficient (Wildman–Crippen LogP) is 3.54. The van der Waals surface area contributed by atoms with Crippen molar-refractivity contribution in [2.45, 2.75) is 17.7 Å². The van der Waals surface area contributed by atoms with Crippen LogP contribution in [0.3, 0.4) is 0 Å². The van der Waals surface area contributed by atoms with E-state index in [1.165, 1.54) is 0 Å². The number of rotatable bonds is 7. The molecule has 2 rings (SSSR count). The van der Waals surface area contributed by atoms with Crippen LogP contribution in [0.2, 0.25) is 0 Å². The molecule has 0 unspecified atom stereocenters. The number of carbonyl (C=O) groups excluding carboxylic acids is 2. The lowest BCUT2D eigenvalue weighted by Gasteiger charge is -2.20. The summed E-state index contributed by atoms with van der Waals surface area (Å²) in [6, 6.07) is 17.0. The van der Waals surface area contributed by atoms with Gasteiger partial charge in [0.2, 0.25) is 5.91 Å². The Morgan fingerprint density at radius 3 is 2.26 bits per heavy atom. The Kier molecular flexibility index (Phi) is 6.23. The molecule has 0 aliphatic rings. The standard InChI is InChI=1S/C18H20N2O2S/c1-20(15-6-4-3-5-7-15)19-18(22)13-12-17(21)14-8-10-16(23-2)11-9-14/h3-11H,12-13H2,1-2H3,(H,19,22). The van der Waals surface area contributed by atoms with Crippen LogP contribution >= 0.6 is 11.8 Å². The molecule has 2 aromatic rings. The SMILES string of the molecule is CSc1ccc(C(=O)CCC(=O)NN(C)c2ccccc2)cc1. The molecular formula is C18H20N2O2S. The molecule has 0 atom stereocenters. The van der Waals surface area contributed by atoms with Gasteiger partial charge in [0, 0.05) is 30.3 Å². The molecule has 120 valence electrons. The largest absolute Gasteiger partial charge is 0.294 e. The maximum absolute atomic E-state index is 12.1. The fourth-order valence-corrected chi connectivity index (χ4v) is 2.52. The van der Waals surface area contributed by atoms with Gasteiger partial charge in [-0.1, -0.05) is 30.3 Å². The van der Waals surface area contributed by atoms with Gasteiger partial charge in [-0.2, -0.15) is 0 Å². The van der Waals surface area contributed by atoms with E-state index in [1.54, 1.807) is 23.8 Å². The maximum Gasteiger partial charge on any atom is 0.238 e. The highest BCUT2D eigenvalue weighted by Gasteiger charge is 2.11. The van der Waals surface area contributed by atoms with Crippen molar-refractivity contribution in [3.05, 3.63) is 60.2 Å². The number of amides is 1. The second kappa shape index (κ2) is 8.39. The monoisotopic (exact) mass is 328 g/mol. The van der Waals surface area contributed by atoms with E-state index in [1.807, 2.05) is 60.9 Å². The number of anilines is 1. The molecule has 0 aliphatic heterocycles. The average Bonchev–Trinajstić information content (AvgIpc) is 2.60. The van der Waals surface area contributed by atoms with Gasteiger partial charge in [-0.3, -0.25) is 20.0 Å². The first-order valence-electron chi connectivity index (χ1n) is 7.35. The number of hydrazine groups is 1. The van der Waals surface area contributed by atoms with Gasteiger partial charge in [0.05, 0.1) is 5.69 Å². The minimum Gasteiger partial charge on any atom is -0.294 e. The van der Waals surface area contributed by atoms with Gasteiger partial charge < -0.3 is 0 Å². The normalized spacial score (nSPS) is 10.2. The highest BCUT2D eigenvalue weighted by atomic mass is 32.2. The zero-order valence-electron chi connectivity index (χ0n) is 13.3. The molecule has 0 heterocycles. The first-order chi connectivity index (χ1) is 11.1. The number of nitrogens with zero attached hydrogens (tertiary/aromatic N) is 1. The highest BCUT2D eigenvalue weighted by Crippen LogP contribution is 2.16. The van der Waals surface area contributed by atoms with Crippen LogP contribution in [0.4, 0.5) is 5.69 Å².